The highest BCUT2D eigenvalue weighted by Gasteiger charge is 2.28. The Bertz CT molecular complexity index is 6120. The van der Waals surface area contributed by atoms with E-state index in [0.717, 1.165) is 128 Å². The number of para-hydroxylation sites is 3. The summed E-state index contributed by atoms with van der Waals surface area (Å²) in [4.78, 5) is 5.20. The number of ether oxygens (including phenoxy) is 1. The van der Waals surface area contributed by atoms with Crippen molar-refractivity contribution >= 4 is 32.8 Å². The van der Waals surface area contributed by atoms with Crippen LogP contribution in [0.1, 0.15) is 132 Å². The molecule has 566 valence electrons. The number of fused-ring (bicyclic) bond motifs is 4. The molecule has 0 aliphatic heterocycles. The molecule has 0 aliphatic rings. The van der Waals surface area contributed by atoms with Gasteiger partial charge in [-0.25, -0.2) is 4.98 Å². The van der Waals surface area contributed by atoms with Gasteiger partial charge in [0.15, 0.2) is 0 Å². The van der Waals surface area contributed by atoms with E-state index in [4.69, 9.17) is 9.72 Å². The molecule has 17 aromatic rings. The number of imidazole rings is 1. The van der Waals surface area contributed by atoms with Crippen LogP contribution in [0.5, 0.6) is 11.5 Å². The van der Waals surface area contributed by atoms with Crippen LogP contribution in [0, 0.1) is 6.33 Å². The molecular weight excluding hydrogens is 1390 g/mol. The van der Waals surface area contributed by atoms with Gasteiger partial charge in [-0.15, -0.1) is 0 Å². The fourth-order valence-corrected chi connectivity index (χ4v) is 16.2. The molecule has 115 heavy (non-hydrogen) atoms. The summed E-state index contributed by atoms with van der Waals surface area (Å²) in [6.45, 7) is 34.8. The van der Waals surface area contributed by atoms with Crippen molar-refractivity contribution in [1.82, 2.24) is 14.1 Å². The molecule has 0 saturated heterocycles. The van der Waals surface area contributed by atoms with Crippen LogP contribution in [-0.4, -0.2) is 14.1 Å². The summed E-state index contributed by atoms with van der Waals surface area (Å²) in [5.41, 5.74) is 32.6. The zero-order valence-electron chi connectivity index (χ0n) is 69.0. The van der Waals surface area contributed by atoms with Gasteiger partial charge in [0.2, 0.25) is 0 Å². The van der Waals surface area contributed by atoms with Crippen LogP contribution in [-0.2, 0) is 27.1 Å². The van der Waals surface area contributed by atoms with E-state index >= 15 is 0 Å². The first-order valence-electron chi connectivity index (χ1n) is 40.5. The van der Waals surface area contributed by atoms with Gasteiger partial charge in [0.05, 0.1) is 33.4 Å². The fraction of sp³-hybridized carbons (Fsp3) is 0.182. The molecule has 17 rings (SSSR count). The zero-order valence-corrected chi connectivity index (χ0v) is 69.0. The second kappa shape index (κ2) is 29.4. The zero-order chi connectivity index (χ0) is 79.9. The Morgan fingerprint density at radius 1 is 0.270 bits per heavy atom. The van der Waals surface area contributed by atoms with Crippen LogP contribution in [0.3, 0.4) is 0 Å². The van der Waals surface area contributed by atoms with Gasteiger partial charge in [-0.3, -0.25) is 13.7 Å². The van der Waals surface area contributed by atoms with Crippen molar-refractivity contribution in [2.45, 2.75) is 131 Å². The Labute approximate surface area is 679 Å². The number of aromatic nitrogens is 4. The van der Waals surface area contributed by atoms with Gasteiger partial charge in [0.1, 0.15) is 17.3 Å². The standard InChI is InChI=1S/C110H100N4O/c1-106(2,3)88-50-51-111-104(68-88)114-100-49-46-76(81-54-82(84-61-89(107(4,5)6)66-90(62-84)108(7,8)9)56-83(55-81)85-63-91(109(10,11)12)67-92(64-85)110(13,14)15)65-99(100)98-48-47-95(70-103(98)114)115-94-41-30-40-93(69-94)112-71-113(102-45-29-28-44-101(102)112)105-96(86-57-77(72-32-20-16-21-33-72)52-78(58-86)73-34-22-17-23-35-73)42-31-43-97(105)87-59-79(74-36-24-18-25-37-74)53-80(60-87)75-38-26-19-27-39-75/h16-70H,1-15H3. The highest BCUT2D eigenvalue weighted by molar-refractivity contribution is 6.11. The maximum absolute atomic E-state index is 7.21. The van der Waals surface area contributed by atoms with E-state index in [0.29, 0.717) is 11.5 Å². The number of rotatable bonds is 14. The summed E-state index contributed by atoms with van der Waals surface area (Å²) >= 11 is 0. The van der Waals surface area contributed by atoms with Gasteiger partial charge in [0, 0.05) is 23.0 Å². The smallest absolute Gasteiger partial charge is 0.269 e. The maximum atomic E-state index is 7.21. The molecule has 0 bridgehead atoms. The Hall–Kier alpha value is -12.7. The first-order valence-corrected chi connectivity index (χ1v) is 40.5. The molecule has 0 radical (unpaired) electrons. The fourth-order valence-electron chi connectivity index (χ4n) is 16.2. The largest absolute Gasteiger partial charge is 0.458 e. The Balaban J connectivity index is 0.818. The molecule has 0 fully saturated rings. The number of pyridine rings is 1. The van der Waals surface area contributed by atoms with Crippen LogP contribution in [0.25, 0.3) is 150 Å². The molecule has 0 amide bonds. The first-order chi connectivity index (χ1) is 55.1. The third kappa shape index (κ3) is 15.2. The molecule has 0 unspecified atom stereocenters. The van der Waals surface area contributed by atoms with E-state index in [1.807, 2.05) is 6.20 Å². The van der Waals surface area contributed by atoms with E-state index in [1.165, 1.54) is 50.1 Å². The molecule has 14 aromatic carbocycles. The molecule has 5 heteroatoms. The van der Waals surface area contributed by atoms with Crippen molar-refractivity contribution in [3.8, 4) is 129 Å². The molecule has 5 nitrogen and oxygen atoms in total. The summed E-state index contributed by atoms with van der Waals surface area (Å²) in [6, 6.07) is 121. The Kier molecular flexibility index (Phi) is 19.2. The lowest BCUT2D eigenvalue weighted by molar-refractivity contribution is -0.571. The molecule has 0 spiro atoms. The van der Waals surface area contributed by atoms with Crippen LogP contribution in [0.4, 0.5) is 0 Å². The van der Waals surface area contributed by atoms with Gasteiger partial charge in [-0.2, -0.15) is 0 Å². The van der Waals surface area contributed by atoms with Gasteiger partial charge in [-0.05, 0) is 264 Å². The van der Waals surface area contributed by atoms with E-state index < -0.39 is 0 Å². The number of hydrogen-bond acceptors (Lipinski definition) is 2. The van der Waals surface area contributed by atoms with Gasteiger partial charge < -0.3 is 4.74 Å². The minimum Gasteiger partial charge on any atom is -0.458 e. The van der Waals surface area contributed by atoms with E-state index in [1.54, 1.807) is 0 Å². The molecule has 0 saturated carbocycles. The van der Waals surface area contributed by atoms with Crippen LogP contribution in [0.2, 0.25) is 0 Å². The van der Waals surface area contributed by atoms with E-state index in [-0.39, 0.29) is 27.1 Å². The topological polar surface area (TPSA) is 35.9 Å². The quantitative estimate of drug-likeness (QED) is 0.0803. The van der Waals surface area contributed by atoms with Crippen molar-refractivity contribution in [2.75, 3.05) is 0 Å². The summed E-state index contributed by atoms with van der Waals surface area (Å²) in [7, 11) is 0. The normalized spacial score (nSPS) is 12.3. The monoisotopic (exact) mass is 1490 g/mol. The molecular formula is C110H100N4O. The highest BCUT2D eigenvalue weighted by Crippen LogP contribution is 2.46. The van der Waals surface area contributed by atoms with Crippen molar-refractivity contribution < 1.29 is 9.30 Å². The van der Waals surface area contributed by atoms with Crippen molar-refractivity contribution in [3.63, 3.8) is 0 Å². The van der Waals surface area contributed by atoms with Crippen molar-refractivity contribution in [3.05, 3.63) is 368 Å². The minimum absolute atomic E-state index is 0.0598. The van der Waals surface area contributed by atoms with Crippen molar-refractivity contribution in [2.24, 2.45) is 0 Å². The first kappa shape index (κ1) is 75.0. The molecule has 0 atom stereocenters. The van der Waals surface area contributed by atoms with Gasteiger partial charge >= 0.3 is 0 Å². The number of benzene rings is 14. The summed E-state index contributed by atoms with van der Waals surface area (Å²) in [6.07, 6.45) is 5.99. The third-order valence-corrected chi connectivity index (χ3v) is 22.9. The lowest BCUT2D eigenvalue weighted by Gasteiger charge is -2.27. The van der Waals surface area contributed by atoms with Crippen LogP contribution >= 0.6 is 0 Å². The Morgan fingerprint density at radius 2 is 0.670 bits per heavy atom. The molecule has 3 heterocycles. The predicted octanol–water partition coefficient (Wildman–Crippen LogP) is 29.5. The van der Waals surface area contributed by atoms with Gasteiger partial charge in [0.25, 0.3) is 6.33 Å². The second-order valence-electron chi connectivity index (χ2n) is 36.4. The predicted molar refractivity (Wildman–Crippen MR) is 485 cm³/mol. The highest BCUT2D eigenvalue weighted by atomic mass is 16.5. The second-order valence-corrected chi connectivity index (χ2v) is 36.4. The van der Waals surface area contributed by atoms with E-state index in [9.17, 15) is 0 Å². The summed E-state index contributed by atoms with van der Waals surface area (Å²) < 4.78 is 14.0. The molecule has 0 aliphatic carbocycles. The van der Waals surface area contributed by atoms with E-state index in [2.05, 4.69) is 451 Å². The van der Waals surface area contributed by atoms with Crippen LogP contribution < -0.4 is 9.30 Å². The number of nitrogens with zero attached hydrogens (tertiary/aromatic N) is 4. The molecule has 3 aromatic heterocycles. The average Bonchev–Trinajstić information content (AvgIpc) is 1.44. The molecule has 0 N–H and O–H groups in total. The third-order valence-electron chi connectivity index (χ3n) is 22.9. The minimum atomic E-state index is -0.124. The summed E-state index contributed by atoms with van der Waals surface area (Å²) in [5.74, 6) is 2.24. The van der Waals surface area contributed by atoms with Gasteiger partial charge in [-0.1, -0.05) is 316 Å². The lowest BCUT2D eigenvalue weighted by Crippen LogP contribution is -2.31. The average molecular weight is 1490 g/mol. The lowest BCUT2D eigenvalue weighted by atomic mass is 9.78. The summed E-state index contributed by atoms with van der Waals surface area (Å²) in [5, 5.41) is 2.22. The SMILES string of the molecule is CC(C)(C)c1cc(-c2cc(-c3cc(C(C)(C)C)cc(C(C)(C)C)c3)cc(-c3ccc4c(c3)c3ccc(Oc5cccc(-n6[c-][n+](-c7c(-c8cc(-c9ccccc9)cc(-c9ccccc9)c8)cccc7-c7cc(-c8ccccc8)cc(-c8ccccc8)c7)c7ccccc76)c5)cc3n4-c3cc(C(C)(C)C)ccn3)c2)cc(C(C)(C)C)c1. The number of hydrogen-bond donors (Lipinski definition) is 0. The van der Waals surface area contributed by atoms with Crippen molar-refractivity contribution in [1.29, 1.82) is 0 Å². The van der Waals surface area contributed by atoms with Crippen LogP contribution in [0.15, 0.2) is 334 Å². The Morgan fingerprint density at radius 3 is 1.13 bits per heavy atom. The maximum Gasteiger partial charge on any atom is 0.269 e.